The number of primary amides is 1. The summed E-state index contributed by atoms with van der Waals surface area (Å²) in [5.74, 6) is -0.140. The minimum atomic E-state index is -0.583. The summed E-state index contributed by atoms with van der Waals surface area (Å²) in [5, 5.41) is 0.750. The Morgan fingerprint density at radius 1 is 1.44 bits per heavy atom. The number of aryl methyl sites for hydroxylation is 1. The molecule has 0 aliphatic carbocycles. The van der Waals surface area contributed by atoms with Crippen molar-refractivity contribution in [3.05, 3.63) is 44.4 Å². The molecule has 3 N–H and O–H groups in total. The van der Waals surface area contributed by atoms with Crippen molar-refractivity contribution in [3.63, 3.8) is 0 Å². The fourth-order valence-corrected chi connectivity index (χ4v) is 4.08. The highest BCUT2D eigenvalue weighted by Gasteiger charge is 2.18. The zero-order chi connectivity index (χ0) is 18.1. The minimum Gasteiger partial charge on any atom is -0.463 e. The van der Waals surface area contributed by atoms with Crippen LogP contribution in [0.15, 0.2) is 26.5 Å². The molecular weight excluding hydrogens is 366 g/mol. The standard InChI is InChI=1S/C15H13N3O5S2/c1-6-9-12(20)17-15(18-13(9)25-10(6)11(16)19)24-5-7-3-4-8(23-7)14(21)22-2/h3-4H,5H2,1-2H3,(H2,16,19)(H,17,18,20). The first-order valence-corrected chi connectivity index (χ1v) is 8.84. The number of fused-ring (bicyclic) bond motifs is 1. The number of carbonyl (C=O) groups is 2. The van der Waals surface area contributed by atoms with Crippen molar-refractivity contribution < 1.29 is 18.7 Å². The van der Waals surface area contributed by atoms with Crippen molar-refractivity contribution in [3.8, 4) is 0 Å². The van der Waals surface area contributed by atoms with Crippen LogP contribution in [0.25, 0.3) is 10.2 Å². The minimum absolute atomic E-state index is 0.106. The molecule has 0 saturated heterocycles. The maximum Gasteiger partial charge on any atom is 0.373 e. The molecule has 25 heavy (non-hydrogen) atoms. The number of thioether (sulfide) groups is 1. The Morgan fingerprint density at radius 3 is 2.88 bits per heavy atom. The summed E-state index contributed by atoms with van der Waals surface area (Å²) < 4.78 is 9.93. The molecule has 0 fully saturated rings. The van der Waals surface area contributed by atoms with Crippen LogP contribution >= 0.6 is 23.1 Å². The Labute approximate surface area is 149 Å². The summed E-state index contributed by atoms with van der Waals surface area (Å²) in [6.07, 6.45) is 0. The molecule has 0 bridgehead atoms. The molecule has 0 radical (unpaired) electrons. The number of rotatable bonds is 5. The van der Waals surface area contributed by atoms with Gasteiger partial charge in [-0.1, -0.05) is 11.8 Å². The van der Waals surface area contributed by atoms with Crippen molar-refractivity contribution in [1.29, 1.82) is 0 Å². The normalized spacial score (nSPS) is 11.0. The van der Waals surface area contributed by atoms with Crippen LogP contribution in [0, 0.1) is 6.92 Å². The Bertz CT molecular complexity index is 1030. The zero-order valence-corrected chi connectivity index (χ0v) is 14.9. The Hall–Kier alpha value is -2.59. The molecule has 3 aromatic heterocycles. The van der Waals surface area contributed by atoms with Gasteiger partial charge in [0.15, 0.2) is 5.16 Å². The van der Waals surface area contributed by atoms with Gasteiger partial charge in [-0.2, -0.15) is 0 Å². The van der Waals surface area contributed by atoms with Crippen LogP contribution in [0.1, 0.15) is 31.6 Å². The number of nitrogens with two attached hydrogens (primary N) is 1. The third-order valence-electron chi connectivity index (χ3n) is 3.40. The number of carbonyl (C=O) groups excluding carboxylic acids is 2. The molecule has 8 nitrogen and oxygen atoms in total. The number of hydrogen-bond donors (Lipinski definition) is 2. The molecule has 0 aromatic carbocycles. The number of H-pyrrole nitrogens is 1. The molecule has 3 aromatic rings. The number of nitrogens with zero attached hydrogens (tertiary/aromatic N) is 1. The van der Waals surface area contributed by atoms with E-state index < -0.39 is 11.9 Å². The number of esters is 1. The molecule has 0 spiro atoms. The predicted octanol–water partition coefficient (Wildman–Crippen LogP) is 2.06. The zero-order valence-electron chi connectivity index (χ0n) is 13.2. The average Bonchev–Trinajstić information content (AvgIpc) is 3.17. The van der Waals surface area contributed by atoms with E-state index in [9.17, 15) is 14.4 Å². The number of aromatic nitrogens is 2. The van der Waals surface area contributed by atoms with Gasteiger partial charge in [0.1, 0.15) is 10.6 Å². The molecule has 0 unspecified atom stereocenters. The second-order valence-corrected chi connectivity index (χ2v) is 6.98. The van der Waals surface area contributed by atoms with Crippen molar-refractivity contribution in [2.24, 2.45) is 5.73 Å². The van der Waals surface area contributed by atoms with Gasteiger partial charge >= 0.3 is 5.97 Å². The molecule has 1 amide bonds. The van der Waals surface area contributed by atoms with Gasteiger partial charge in [0.25, 0.3) is 11.5 Å². The quantitative estimate of drug-likeness (QED) is 0.394. The first-order valence-electron chi connectivity index (χ1n) is 7.03. The summed E-state index contributed by atoms with van der Waals surface area (Å²) >= 11 is 2.33. The van der Waals surface area contributed by atoms with E-state index in [-0.39, 0.29) is 11.3 Å². The van der Waals surface area contributed by atoms with E-state index in [1.54, 1.807) is 13.0 Å². The second kappa shape index (κ2) is 6.73. The highest BCUT2D eigenvalue weighted by molar-refractivity contribution is 7.98. The summed E-state index contributed by atoms with van der Waals surface area (Å²) in [7, 11) is 1.27. The first-order chi connectivity index (χ1) is 11.9. The third-order valence-corrected chi connectivity index (χ3v) is 5.50. The van der Waals surface area contributed by atoms with Crippen LogP contribution in [0.2, 0.25) is 0 Å². The van der Waals surface area contributed by atoms with Crippen molar-refractivity contribution in [2.75, 3.05) is 7.11 Å². The van der Waals surface area contributed by atoms with Gasteiger partial charge in [-0.15, -0.1) is 11.3 Å². The van der Waals surface area contributed by atoms with E-state index in [1.807, 2.05) is 0 Å². The lowest BCUT2D eigenvalue weighted by molar-refractivity contribution is 0.0563. The first kappa shape index (κ1) is 17.2. The van der Waals surface area contributed by atoms with Crippen molar-refractivity contribution in [2.45, 2.75) is 17.8 Å². The van der Waals surface area contributed by atoms with Gasteiger partial charge in [0, 0.05) is 0 Å². The number of thiophene rings is 1. The van der Waals surface area contributed by atoms with Gasteiger partial charge in [-0.25, -0.2) is 9.78 Å². The number of hydrogen-bond acceptors (Lipinski definition) is 8. The Morgan fingerprint density at radius 2 is 2.20 bits per heavy atom. The van der Waals surface area contributed by atoms with Crippen LogP contribution in [-0.4, -0.2) is 29.0 Å². The fraction of sp³-hybridized carbons (Fsp3) is 0.200. The van der Waals surface area contributed by atoms with E-state index >= 15 is 0 Å². The van der Waals surface area contributed by atoms with Crippen LogP contribution in [-0.2, 0) is 10.5 Å². The van der Waals surface area contributed by atoms with Crippen LogP contribution < -0.4 is 11.3 Å². The fourth-order valence-electron chi connectivity index (χ4n) is 2.23. The van der Waals surface area contributed by atoms with E-state index in [4.69, 9.17) is 10.2 Å². The predicted molar refractivity (Wildman–Crippen MR) is 93.1 cm³/mol. The topological polar surface area (TPSA) is 128 Å². The van der Waals surface area contributed by atoms with Crippen molar-refractivity contribution >= 4 is 45.2 Å². The number of amides is 1. The molecule has 0 atom stereocenters. The average molecular weight is 379 g/mol. The largest absolute Gasteiger partial charge is 0.463 e. The Kier molecular flexibility index (Phi) is 4.64. The number of nitrogens with one attached hydrogen (secondary N) is 1. The molecule has 130 valence electrons. The van der Waals surface area contributed by atoms with Gasteiger partial charge in [0.05, 0.1) is 23.1 Å². The monoisotopic (exact) mass is 379 g/mol. The molecule has 3 heterocycles. The van der Waals surface area contributed by atoms with E-state index in [2.05, 4.69) is 14.7 Å². The Balaban J connectivity index is 1.85. The highest BCUT2D eigenvalue weighted by Crippen LogP contribution is 2.28. The lowest BCUT2D eigenvalue weighted by Gasteiger charge is -1.99. The lowest BCUT2D eigenvalue weighted by atomic mass is 10.2. The lowest BCUT2D eigenvalue weighted by Crippen LogP contribution is -2.11. The smallest absolute Gasteiger partial charge is 0.373 e. The van der Waals surface area contributed by atoms with Gasteiger partial charge in [-0.3, -0.25) is 9.59 Å². The maximum atomic E-state index is 12.3. The van der Waals surface area contributed by atoms with E-state index in [0.717, 1.165) is 11.3 Å². The highest BCUT2D eigenvalue weighted by atomic mass is 32.2. The second-order valence-electron chi connectivity index (χ2n) is 5.02. The van der Waals surface area contributed by atoms with Crippen molar-refractivity contribution in [1.82, 2.24) is 9.97 Å². The number of methoxy groups -OCH3 is 1. The summed E-state index contributed by atoms with van der Waals surface area (Å²) in [4.78, 5) is 42.8. The van der Waals surface area contributed by atoms with E-state index in [0.29, 0.717) is 37.3 Å². The SMILES string of the molecule is COC(=O)c1ccc(CSc2nc3sc(C(N)=O)c(C)c3c(=O)[nH]2)o1. The van der Waals surface area contributed by atoms with Crippen LogP contribution in [0.5, 0.6) is 0 Å². The van der Waals surface area contributed by atoms with Gasteiger partial charge in [-0.05, 0) is 24.6 Å². The molecule has 3 rings (SSSR count). The number of ether oxygens (including phenoxy) is 1. The summed E-state index contributed by atoms with van der Waals surface area (Å²) in [5.41, 5.74) is 5.52. The summed E-state index contributed by atoms with van der Waals surface area (Å²) in [6.45, 7) is 1.67. The third kappa shape index (κ3) is 3.30. The van der Waals surface area contributed by atoms with Crippen LogP contribution in [0.4, 0.5) is 0 Å². The molecular formula is C15H13N3O5S2. The molecule has 10 heteroatoms. The molecule has 0 aliphatic rings. The molecule has 0 saturated carbocycles. The van der Waals surface area contributed by atoms with Crippen LogP contribution in [0.3, 0.4) is 0 Å². The summed E-state index contributed by atoms with van der Waals surface area (Å²) in [6, 6.07) is 3.17. The van der Waals surface area contributed by atoms with Gasteiger partial charge in [0.2, 0.25) is 5.76 Å². The maximum absolute atomic E-state index is 12.3. The molecule has 0 aliphatic heterocycles. The number of furan rings is 1. The van der Waals surface area contributed by atoms with Gasteiger partial charge < -0.3 is 19.9 Å². The number of aromatic amines is 1. The van der Waals surface area contributed by atoms with E-state index in [1.165, 1.54) is 24.9 Å².